The lowest BCUT2D eigenvalue weighted by Gasteiger charge is -2.13. The summed E-state index contributed by atoms with van der Waals surface area (Å²) in [6.07, 6.45) is 1.75. The molecule has 0 fully saturated rings. The molecule has 0 atom stereocenters. The highest BCUT2D eigenvalue weighted by molar-refractivity contribution is 6.61. The second-order valence-corrected chi connectivity index (χ2v) is 3.93. The highest BCUT2D eigenvalue weighted by atomic mass is 16.6. The van der Waals surface area contributed by atoms with E-state index in [0.717, 1.165) is 12.8 Å². The summed E-state index contributed by atoms with van der Waals surface area (Å²) >= 11 is 0. The van der Waals surface area contributed by atoms with E-state index in [0.29, 0.717) is 18.7 Å². The van der Waals surface area contributed by atoms with Gasteiger partial charge in [-0.1, -0.05) is 26.0 Å². The first-order valence-electron chi connectivity index (χ1n) is 6.16. The van der Waals surface area contributed by atoms with Crippen molar-refractivity contribution in [2.45, 2.75) is 26.7 Å². The van der Waals surface area contributed by atoms with E-state index >= 15 is 0 Å². The quantitative estimate of drug-likeness (QED) is 0.403. The van der Waals surface area contributed by atoms with Crippen LogP contribution in [0.1, 0.15) is 26.7 Å². The fraction of sp³-hybridized carbons (Fsp3) is 0.500. The van der Waals surface area contributed by atoms with E-state index in [9.17, 15) is 10.1 Å². The molecule has 0 aromatic heterocycles. The Morgan fingerprint density at radius 1 is 1.22 bits per heavy atom. The van der Waals surface area contributed by atoms with Crippen LogP contribution in [0.25, 0.3) is 0 Å². The molecule has 0 aliphatic rings. The smallest absolute Gasteiger partial charge is 0.407 e. The van der Waals surface area contributed by atoms with Gasteiger partial charge in [-0.15, -0.1) is 0 Å². The molecule has 5 nitrogen and oxygen atoms in total. The lowest BCUT2D eigenvalue weighted by molar-refractivity contribution is -0.384. The van der Waals surface area contributed by atoms with Crippen LogP contribution in [0, 0.1) is 10.1 Å². The second-order valence-electron chi connectivity index (χ2n) is 3.93. The second kappa shape index (κ2) is 7.84. The number of benzene rings is 1. The molecular formula is C12H18BNO4. The van der Waals surface area contributed by atoms with Crippen molar-refractivity contribution in [2.75, 3.05) is 13.2 Å². The zero-order chi connectivity index (χ0) is 13.4. The van der Waals surface area contributed by atoms with Gasteiger partial charge in [0.25, 0.3) is 5.69 Å². The Balaban J connectivity index is 2.82. The lowest BCUT2D eigenvalue weighted by atomic mass is 9.78. The number of hydrogen-bond donors (Lipinski definition) is 0. The molecule has 0 unspecified atom stereocenters. The molecule has 0 bridgehead atoms. The highest BCUT2D eigenvalue weighted by Crippen LogP contribution is 2.08. The number of nitro benzene ring substituents is 1. The maximum Gasteiger partial charge on any atom is 0.494 e. The molecule has 1 aromatic carbocycles. The molecule has 18 heavy (non-hydrogen) atoms. The fourth-order valence-corrected chi connectivity index (χ4v) is 1.48. The highest BCUT2D eigenvalue weighted by Gasteiger charge is 2.22. The van der Waals surface area contributed by atoms with Gasteiger partial charge < -0.3 is 9.31 Å². The van der Waals surface area contributed by atoms with E-state index in [-0.39, 0.29) is 5.69 Å². The van der Waals surface area contributed by atoms with E-state index in [4.69, 9.17) is 9.31 Å². The molecule has 0 saturated heterocycles. The van der Waals surface area contributed by atoms with Gasteiger partial charge in [0, 0.05) is 25.3 Å². The van der Waals surface area contributed by atoms with Gasteiger partial charge in [0.1, 0.15) is 0 Å². The first-order chi connectivity index (χ1) is 8.69. The third-order valence-electron chi connectivity index (χ3n) is 2.30. The first kappa shape index (κ1) is 14.7. The van der Waals surface area contributed by atoms with Crippen molar-refractivity contribution in [1.82, 2.24) is 0 Å². The summed E-state index contributed by atoms with van der Waals surface area (Å²) in [5, 5.41) is 10.7. The zero-order valence-electron chi connectivity index (χ0n) is 10.8. The molecule has 0 saturated carbocycles. The van der Waals surface area contributed by atoms with Crippen LogP contribution >= 0.6 is 0 Å². The molecule has 0 amide bonds. The van der Waals surface area contributed by atoms with Crippen molar-refractivity contribution in [1.29, 1.82) is 0 Å². The van der Waals surface area contributed by atoms with Crippen molar-refractivity contribution in [2.24, 2.45) is 0 Å². The number of nitrogens with zero attached hydrogens (tertiary/aromatic N) is 1. The molecule has 0 radical (unpaired) electrons. The number of hydrogen-bond acceptors (Lipinski definition) is 4. The van der Waals surface area contributed by atoms with Crippen molar-refractivity contribution in [3.05, 3.63) is 34.4 Å². The molecular weight excluding hydrogens is 233 g/mol. The summed E-state index contributed by atoms with van der Waals surface area (Å²) in [4.78, 5) is 10.3. The minimum absolute atomic E-state index is 0.0534. The van der Waals surface area contributed by atoms with Crippen LogP contribution in [-0.2, 0) is 9.31 Å². The Bertz CT molecular complexity index is 378. The van der Waals surface area contributed by atoms with Gasteiger partial charge in [0.05, 0.1) is 4.92 Å². The van der Waals surface area contributed by atoms with E-state index in [1.165, 1.54) is 12.1 Å². The van der Waals surface area contributed by atoms with Crippen LogP contribution < -0.4 is 5.46 Å². The topological polar surface area (TPSA) is 61.6 Å². The molecule has 0 aliphatic heterocycles. The Hall–Kier alpha value is -1.40. The first-order valence-corrected chi connectivity index (χ1v) is 6.16. The summed E-state index contributed by atoms with van der Waals surface area (Å²) in [5.74, 6) is 0. The third kappa shape index (κ3) is 4.47. The van der Waals surface area contributed by atoms with Crippen molar-refractivity contribution in [3.8, 4) is 0 Å². The summed E-state index contributed by atoms with van der Waals surface area (Å²) in [7, 11) is -0.523. The van der Waals surface area contributed by atoms with Crippen LogP contribution in [0.4, 0.5) is 5.69 Å². The van der Waals surface area contributed by atoms with E-state index < -0.39 is 12.0 Å². The largest absolute Gasteiger partial charge is 0.494 e. The van der Waals surface area contributed by atoms with Gasteiger partial charge >= 0.3 is 7.12 Å². The van der Waals surface area contributed by atoms with Crippen LogP contribution in [0.3, 0.4) is 0 Å². The van der Waals surface area contributed by atoms with Gasteiger partial charge in [0.15, 0.2) is 0 Å². The van der Waals surface area contributed by atoms with Crippen LogP contribution in [0.15, 0.2) is 24.3 Å². The van der Waals surface area contributed by atoms with Gasteiger partial charge in [-0.25, -0.2) is 0 Å². The molecule has 1 rings (SSSR count). The Morgan fingerprint density at radius 2 is 1.83 bits per heavy atom. The maximum atomic E-state index is 10.7. The van der Waals surface area contributed by atoms with Gasteiger partial charge in [0.2, 0.25) is 0 Å². The van der Waals surface area contributed by atoms with Crippen molar-refractivity contribution >= 4 is 18.3 Å². The molecule has 6 heteroatoms. The van der Waals surface area contributed by atoms with Crippen LogP contribution in [0.5, 0.6) is 0 Å². The van der Waals surface area contributed by atoms with Gasteiger partial charge in [-0.2, -0.15) is 0 Å². The number of nitro groups is 1. The lowest BCUT2D eigenvalue weighted by Crippen LogP contribution is -2.37. The van der Waals surface area contributed by atoms with Gasteiger partial charge in [-0.05, 0) is 18.3 Å². The predicted molar refractivity (Wildman–Crippen MR) is 71.0 cm³/mol. The van der Waals surface area contributed by atoms with Crippen molar-refractivity contribution in [3.63, 3.8) is 0 Å². The van der Waals surface area contributed by atoms with E-state index in [2.05, 4.69) is 0 Å². The van der Waals surface area contributed by atoms with Crippen molar-refractivity contribution < 1.29 is 14.2 Å². The zero-order valence-corrected chi connectivity index (χ0v) is 10.8. The standard InChI is InChI=1S/C12H18BNO4/c1-3-8-17-13(18-9-4-2)11-6-5-7-12(10-11)14(15)16/h5-7,10H,3-4,8-9H2,1-2H3. The average Bonchev–Trinajstić information content (AvgIpc) is 2.39. The monoisotopic (exact) mass is 251 g/mol. The summed E-state index contributed by atoms with van der Waals surface area (Å²) in [6, 6.07) is 6.38. The third-order valence-corrected chi connectivity index (χ3v) is 2.30. The Kier molecular flexibility index (Phi) is 6.39. The summed E-state index contributed by atoms with van der Waals surface area (Å²) in [5.41, 5.74) is 0.740. The SMILES string of the molecule is CCCOB(OCCC)c1cccc([N+](=O)[O-])c1. The summed E-state index contributed by atoms with van der Waals surface area (Å²) < 4.78 is 11.1. The normalized spacial score (nSPS) is 10.3. The number of non-ortho nitro benzene ring substituents is 1. The Labute approximate surface area is 107 Å². The van der Waals surface area contributed by atoms with Crippen LogP contribution in [0.2, 0.25) is 0 Å². The van der Waals surface area contributed by atoms with E-state index in [1.807, 2.05) is 13.8 Å². The molecule has 0 aliphatic carbocycles. The van der Waals surface area contributed by atoms with Crippen LogP contribution in [-0.4, -0.2) is 25.3 Å². The molecule has 0 heterocycles. The minimum atomic E-state index is -0.523. The maximum absolute atomic E-state index is 10.7. The predicted octanol–water partition coefficient (Wildman–Crippen LogP) is 2.14. The van der Waals surface area contributed by atoms with E-state index in [1.54, 1.807) is 12.1 Å². The molecule has 0 spiro atoms. The number of rotatable bonds is 8. The molecule has 98 valence electrons. The minimum Gasteiger partial charge on any atom is -0.407 e. The average molecular weight is 251 g/mol. The molecule has 1 aromatic rings. The fourth-order valence-electron chi connectivity index (χ4n) is 1.48. The summed E-state index contributed by atoms with van der Waals surface area (Å²) in [6.45, 7) is 5.14. The van der Waals surface area contributed by atoms with Gasteiger partial charge in [-0.3, -0.25) is 10.1 Å². The Morgan fingerprint density at radius 3 is 2.33 bits per heavy atom. The molecule has 0 N–H and O–H groups in total.